The largest absolute Gasteiger partial charge is 0.355 e. The summed E-state index contributed by atoms with van der Waals surface area (Å²) in [6.07, 6.45) is 2.26. The molecule has 0 aliphatic carbocycles. The van der Waals surface area contributed by atoms with E-state index in [0.717, 1.165) is 0 Å². The second kappa shape index (κ2) is 4.21. The average Bonchev–Trinajstić information content (AvgIpc) is 1.61. The Hall–Kier alpha value is -0.790. The van der Waals surface area contributed by atoms with Gasteiger partial charge in [-0.2, -0.15) is 0 Å². The van der Waals surface area contributed by atoms with Gasteiger partial charge in [-0.1, -0.05) is 6.08 Å². The predicted molar refractivity (Wildman–Crippen MR) is 24.3 cm³/mol. The molecule has 0 radical (unpaired) electrons. The van der Waals surface area contributed by atoms with Crippen LogP contribution < -0.4 is 5.32 Å². The first-order valence-corrected chi connectivity index (χ1v) is 1.69. The first-order chi connectivity index (χ1) is 2.91. The highest BCUT2D eigenvalue weighted by Crippen LogP contribution is 1.49. The zero-order valence-corrected chi connectivity index (χ0v) is 3.48. The van der Waals surface area contributed by atoms with Crippen LogP contribution in [0.3, 0.4) is 0 Å². The first-order valence-electron chi connectivity index (χ1n) is 1.69. The van der Waals surface area contributed by atoms with Gasteiger partial charge in [-0.25, -0.2) is 0 Å². The minimum absolute atomic E-state index is 0.559. The average molecular weight is 87.1 g/mol. The molecule has 0 aromatic rings. The van der Waals surface area contributed by atoms with Crippen LogP contribution in [0.25, 0.3) is 0 Å². The van der Waals surface area contributed by atoms with E-state index in [1.165, 1.54) is 0 Å². The molecule has 0 bridgehead atoms. The van der Waals surface area contributed by atoms with E-state index in [1.54, 1.807) is 6.08 Å². The van der Waals surface area contributed by atoms with Crippen LogP contribution in [-0.4, -0.2) is 13.0 Å². The maximum absolute atomic E-state index is 9.40. The first kappa shape index (κ1) is 5.21. The third-order valence-corrected chi connectivity index (χ3v) is 0.346. The number of carbonyl (C=O) groups excluding carboxylic acids is 1. The molecule has 0 rings (SSSR count). The molecule has 0 fully saturated rings. The summed E-state index contributed by atoms with van der Waals surface area (Å²) in [6.45, 7) is 3.94. The lowest BCUT2D eigenvalue weighted by Gasteiger charge is -1.81. The Balaban J connectivity index is 2.66. The maximum Gasteiger partial charge on any atom is 0.207 e. The molecule has 0 aromatic heterocycles. The summed E-state index contributed by atoms with van der Waals surface area (Å²) in [7, 11) is 0. The van der Waals surface area contributed by atoms with Crippen LogP contribution in [0, 0.1) is 0 Å². The van der Waals surface area contributed by atoms with Crippen molar-refractivity contribution in [3.05, 3.63) is 12.7 Å². The third kappa shape index (κ3) is 3.21. The highest BCUT2D eigenvalue weighted by atomic mass is 16.3. The lowest BCUT2D eigenvalue weighted by Crippen LogP contribution is -2.08. The zero-order chi connectivity index (χ0) is 4.83. The van der Waals surface area contributed by atoms with Crippen molar-refractivity contribution in [3.63, 3.8) is 0 Å². The van der Waals surface area contributed by atoms with Gasteiger partial charge in [0.25, 0.3) is 0 Å². The number of amides is 1. The molecule has 0 unspecified atom stereocenters. The highest BCUT2D eigenvalue weighted by molar-refractivity contribution is 5.46. The van der Waals surface area contributed by atoms with Crippen LogP contribution in [0.5, 0.6) is 0 Å². The topological polar surface area (TPSA) is 29.1 Å². The molecule has 0 aliphatic heterocycles. The van der Waals surface area contributed by atoms with Crippen LogP contribution >= 0.6 is 0 Å². The Morgan fingerprint density at radius 3 is 2.83 bits per heavy atom. The number of carbonyl (C=O) groups is 1. The normalized spacial score (nSPS) is 6.67. The SMILES string of the molecule is C=CCN[14CH]=O. The van der Waals surface area contributed by atoms with Crippen LogP contribution in [0.2, 0.25) is 0 Å². The van der Waals surface area contributed by atoms with Gasteiger partial charge in [-0.05, 0) is 0 Å². The van der Waals surface area contributed by atoms with Gasteiger partial charge in [0.1, 0.15) is 0 Å². The standard InChI is InChI=1S/C4H7NO/c1-2-3-5-4-6/h2,4H,1,3H2,(H,5,6)/i4+2. The van der Waals surface area contributed by atoms with E-state index < -0.39 is 0 Å². The number of hydrogen-bond donors (Lipinski definition) is 1. The summed E-state index contributed by atoms with van der Waals surface area (Å²) in [5, 5.41) is 2.40. The Morgan fingerprint density at radius 2 is 2.67 bits per heavy atom. The van der Waals surface area contributed by atoms with E-state index in [9.17, 15) is 4.79 Å². The van der Waals surface area contributed by atoms with E-state index >= 15 is 0 Å². The molecular weight excluding hydrogens is 80.0 g/mol. The fraction of sp³-hybridized carbons (Fsp3) is 0.250. The van der Waals surface area contributed by atoms with Crippen LogP contribution in [-0.2, 0) is 4.79 Å². The quantitative estimate of drug-likeness (QED) is 0.291. The van der Waals surface area contributed by atoms with Crippen molar-refractivity contribution in [2.45, 2.75) is 0 Å². The summed E-state index contributed by atoms with van der Waals surface area (Å²) in [5.41, 5.74) is 0. The second-order valence-electron chi connectivity index (χ2n) is 0.815. The summed E-state index contributed by atoms with van der Waals surface area (Å²) in [5.74, 6) is 0. The molecule has 1 amide bonds. The Bertz CT molecular complexity index is 43.5. The number of rotatable bonds is 3. The summed E-state index contributed by atoms with van der Waals surface area (Å²) in [4.78, 5) is 9.40. The summed E-state index contributed by atoms with van der Waals surface area (Å²) < 4.78 is 0. The molecule has 0 aliphatic rings. The molecule has 2 nitrogen and oxygen atoms in total. The van der Waals surface area contributed by atoms with Gasteiger partial charge in [0.05, 0.1) is 0 Å². The summed E-state index contributed by atoms with van der Waals surface area (Å²) in [6, 6.07) is 0. The van der Waals surface area contributed by atoms with Gasteiger partial charge in [0.15, 0.2) is 0 Å². The van der Waals surface area contributed by atoms with Crippen molar-refractivity contribution in [2.75, 3.05) is 6.54 Å². The Morgan fingerprint density at radius 1 is 2.00 bits per heavy atom. The molecule has 0 heterocycles. The monoisotopic (exact) mass is 87.1 g/mol. The minimum atomic E-state index is 0.559. The maximum atomic E-state index is 9.40. The highest BCUT2D eigenvalue weighted by Gasteiger charge is 1.63. The van der Waals surface area contributed by atoms with Gasteiger partial charge in [0.2, 0.25) is 6.41 Å². The van der Waals surface area contributed by atoms with E-state index in [2.05, 4.69) is 11.9 Å². The van der Waals surface area contributed by atoms with Crippen molar-refractivity contribution in [1.29, 1.82) is 0 Å². The van der Waals surface area contributed by atoms with Crippen LogP contribution in [0.4, 0.5) is 0 Å². The lowest BCUT2D eigenvalue weighted by molar-refractivity contribution is -0.109. The molecule has 34 valence electrons. The lowest BCUT2D eigenvalue weighted by atomic mass is 10.7. The van der Waals surface area contributed by atoms with Crippen molar-refractivity contribution < 1.29 is 4.79 Å². The second-order valence-corrected chi connectivity index (χ2v) is 0.815. The number of nitrogens with one attached hydrogen (secondary N) is 1. The number of hydrogen-bond acceptors (Lipinski definition) is 1. The van der Waals surface area contributed by atoms with E-state index in [1.807, 2.05) is 0 Å². The molecular formula is C4H7NO. The molecule has 0 saturated heterocycles. The molecule has 0 aromatic carbocycles. The summed E-state index contributed by atoms with van der Waals surface area (Å²) >= 11 is 0. The zero-order valence-electron chi connectivity index (χ0n) is 3.48. The van der Waals surface area contributed by atoms with Crippen molar-refractivity contribution >= 4 is 6.41 Å². The predicted octanol–water partition coefficient (Wildman–Crippen LogP) is -0.0816. The van der Waals surface area contributed by atoms with E-state index in [4.69, 9.17) is 0 Å². The Kier molecular flexibility index (Phi) is 3.66. The minimum Gasteiger partial charge on any atom is -0.355 e. The van der Waals surface area contributed by atoms with Crippen molar-refractivity contribution in [1.82, 2.24) is 5.32 Å². The molecule has 0 saturated carbocycles. The van der Waals surface area contributed by atoms with Gasteiger partial charge < -0.3 is 5.32 Å². The molecule has 1 N–H and O–H groups in total. The van der Waals surface area contributed by atoms with Crippen LogP contribution in [0.1, 0.15) is 0 Å². The smallest absolute Gasteiger partial charge is 0.207 e. The molecule has 0 atom stereocenters. The van der Waals surface area contributed by atoms with Crippen molar-refractivity contribution in [2.24, 2.45) is 0 Å². The third-order valence-electron chi connectivity index (χ3n) is 0.346. The van der Waals surface area contributed by atoms with Gasteiger partial charge in [-0.3, -0.25) is 4.79 Å². The fourth-order valence-corrected chi connectivity index (χ4v) is 0.131. The molecule has 6 heavy (non-hydrogen) atoms. The van der Waals surface area contributed by atoms with Gasteiger partial charge >= 0.3 is 0 Å². The van der Waals surface area contributed by atoms with E-state index in [0.29, 0.717) is 13.0 Å². The van der Waals surface area contributed by atoms with E-state index in [-0.39, 0.29) is 0 Å². The van der Waals surface area contributed by atoms with Crippen LogP contribution in [0.15, 0.2) is 12.7 Å². The fourth-order valence-electron chi connectivity index (χ4n) is 0.131. The molecule has 2 heteroatoms. The van der Waals surface area contributed by atoms with Crippen molar-refractivity contribution in [3.8, 4) is 0 Å². The Labute approximate surface area is 36.9 Å². The molecule has 0 spiro atoms. The van der Waals surface area contributed by atoms with Gasteiger partial charge in [-0.15, -0.1) is 6.58 Å². The van der Waals surface area contributed by atoms with Gasteiger partial charge in [0, 0.05) is 6.54 Å².